The molecule has 2 heterocycles. The van der Waals surface area contributed by atoms with E-state index in [2.05, 4.69) is 81.1 Å². The fourth-order valence-corrected chi connectivity index (χ4v) is 4.19. The Labute approximate surface area is 189 Å². The second-order valence-electron chi connectivity index (χ2n) is 8.21. The van der Waals surface area contributed by atoms with Gasteiger partial charge in [-0.05, 0) is 22.4 Å². The van der Waals surface area contributed by atoms with Crippen LogP contribution in [0, 0.1) is 0 Å². The van der Waals surface area contributed by atoms with Crippen LogP contribution in [0.25, 0.3) is 22.0 Å². The van der Waals surface area contributed by atoms with Gasteiger partial charge in [0.15, 0.2) is 5.82 Å². The predicted molar refractivity (Wildman–Crippen MR) is 130 cm³/mol. The first-order valence-electron chi connectivity index (χ1n) is 11.3. The van der Waals surface area contributed by atoms with Gasteiger partial charge in [-0.1, -0.05) is 72.8 Å². The fourth-order valence-electron chi connectivity index (χ4n) is 4.19. The average molecular weight is 425 g/mol. The van der Waals surface area contributed by atoms with Crippen molar-refractivity contribution < 1.29 is 4.74 Å². The van der Waals surface area contributed by atoms with Gasteiger partial charge in [0.1, 0.15) is 0 Å². The molecule has 32 heavy (non-hydrogen) atoms. The molecule has 0 bridgehead atoms. The lowest BCUT2D eigenvalue weighted by molar-refractivity contribution is 0.0398. The van der Waals surface area contributed by atoms with Crippen LogP contribution < -0.4 is 5.32 Å². The summed E-state index contributed by atoms with van der Waals surface area (Å²) in [5.41, 5.74) is 4.42. The van der Waals surface area contributed by atoms with E-state index in [1.807, 2.05) is 18.2 Å². The van der Waals surface area contributed by atoms with Crippen molar-refractivity contribution in [2.75, 3.05) is 44.7 Å². The molecule has 1 N–H and O–H groups in total. The molecule has 1 aromatic heterocycles. The molecule has 1 aliphatic rings. The zero-order valence-electron chi connectivity index (χ0n) is 18.2. The Kier molecular flexibility index (Phi) is 6.37. The van der Waals surface area contributed by atoms with Crippen LogP contribution in [0.5, 0.6) is 0 Å². The molecule has 0 amide bonds. The molecule has 1 saturated heterocycles. The van der Waals surface area contributed by atoms with Crippen LogP contribution in [0.4, 0.5) is 5.82 Å². The summed E-state index contributed by atoms with van der Waals surface area (Å²) >= 11 is 0. The van der Waals surface area contributed by atoms with Crippen molar-refractivity contribution in [1.82, 2.24) is 15.1 Å². The first-order chi connectivity index (χ1) is 15.8. The largest absolute Gasteiger partial charge is 0.379 e. The Morgan fingerprint density at radius 1 is 0.812 bits per heavy atom. The van der Waals surface area contributed by atoms with Crippen LogP contribution in [0.2, 0.25) is 0 Å². The van der Waals surface area contributed by atoms with Gasteiger partial charge in [0.25, 0.3) is 0 Å². The minimum atomic E-state index is 0.806. The maximum atomic E-state index is 5.45. The Morgan fingerprint density at radius 2 is 1.59 bits per heavy atom. The summed E-state index contributed by atoms with van der Waals surface area (Å²) in [5, 5.41) is 15.2. The van der Waals surface area contributed by atoms with Crippen molar-refractivity contribution in [3.8, 4) is 11.3 Å². The molecule has 0 spiro atoms. The summed E-state index contributed by atoms with van der Waals surface area (Å²) in [6, 6.07) is 27.6. The molecule has 1 fully saturated rings. The molecule has 0 radical (unpaired) electrons. The van der Waals surface area contributed by atoms with E-state index in [9.17, 15) is 0 Å². The third kappa shape index (κ3) is 4.96. The highest BCUT2D eigenvalue weighted by Gasteiger charge is 2.13. The quantitative estimate of drug-likeness (QED) is 0.469. The summed E-state index contributed by atoms with van der Waals surface area (Å²) in [7, 11) is 0. The van der Waals surface area contributed by atoms with Crippen molar-refractivity contribution in [1.29, 1.82) is 0 Å². The maximum Gasteiger partial charge on any atom is 0.152 e. The van der Waals surface area contributed by atoms with Crippen LogP contribution >= 0.6 is 0 Å². The van der Waals surface area contributed by atoms with Crippen molar-refractivity contribution in [3.63, 3.8) is 0 Å². The lowest BCUT2D eigenvalue weighted by Gasteiger charge is -2.26. The molecule has 5 nitrogen and oxygen atoms in total. The Balaban J connectivity index is 1.39. The number of nitrogens with one attached hydrogen (secondary N) is 1. The van der Waals surface area contributed by atoms with E-state index in [0.717, 1.165) is 68.5 Å². The lowest BCUT2D eigenvalue weighted by Crippen LogP contribution is -2.39. The van der Waals surface area contributed by atoms with E-state index in [1.165, 1.54) is 16.3 Å². The van der Waals surface area contributed by atoms with Crippen molar-refractivity contribution >= 4 is 16.6 Å². The van der Waals surface area contributed by atoms with Gasteiger partial charge in [-0.25, -0.2) is 0 Å². The van der Waals surface area contributed by atoms with Crippen LogP contribution in [0.15, 0.2) is 78.9 Å². The fraction of sp³-hybridized carbons (Fsp3) is 0.259. The molecule has 1 aliphatic heterocycles. The molecular weight excluding hydrogens is 396 g/mol. The topological polar surface area (TPSA) is 50.3 Å². The highest BCUT2D eigenvalue weighted by molar-refractivity contribution is 5.83. The molecule has 0 atom stereocenters. The molecule has 0 unspecified atom stereocenters. The number of morpholine rings is 1. The van der Waals surface area contributed by atoms with E-state index >= 15 is 0 Å². The number of hydrogen-bond donors (Lipinski definition) is 1. The summed E-state index contributed by atoms with van der Waals surface area (Å²) in [4.78, 5) is 2.42. The van der Waals surface area contributed by atoms with E-state index in [0.29, 0.717) is 0 Å². The Morgan fingerprint density at radius 3 is 2.44 bits per heavy atom. The lowest BCUT2D eigenvalue weighted by atomic mass is 10.0. The van der Waals surface area contributed by atoms with Crippen LogP contribution in [0.1, 0.15) is 11.1 Å². The van der Waals surface area contributed by atoms with Gasteiger partial charge in [-0.15, -0.1) is 10.2 Å². The molecule has 4 aromatic rings. The molecule has 0 aliphatic carbocycles. The number of rotatable bonds is 7. The summed E-state index contributed by atoms with van der Waals surface area (Å²) in [5.74, 6) is 0.867. The second-order valence-corrected chi connectivity index (χ2v) is 8.21. The minimum absolute atomic E-state index is 0.806. The highest BCUT2D eigenvalue weighted by Crippen LogP contribution is 2.24. The standard InChI is InChI=1S/C27H28N4O/c1-2-7-23(8-3-1)26-20-25(19-21-10-11-22-6-4-5-9-24(22)18-21)27(30-29-26)28-12-13-31-14-16-32-17-15-31/h1-11,18,20H,12-17,19H2,(H,28,30). The number of aromatic nitrogens is 2. The first-order valence-corrected chi connectivity index (χ1v) is 11.3. The smallest absolute Gasteiger partial charge is 0.152 e. The molecule has 162 valence electrons. The number of fused-ring (bicyclic) bond motifs is 1. The monoisotopic (exact) mass is 424 g/mol. The summed E-state index contributed by atoms with van der Waals surface area (Å²) in [6.45, 7) is 5.43. The van der Waals surface area contributed by atoms with Crippen LogP contribution in [-0.4, -0.2) is 54.5 Å². The zero-order chi connectivity index (χ0) is 21.6. The number of ether oxygens (including phenoxy) is 1. The minimum Gasteiger partial charge on any atom is -0.379 e. The predicted octanol–water partition coefficient (Wildman–Crippen LogP) is 4.63. The summed E-state index contributed by atoms with van der Waals surface area (Å²) < 4.78 is 5.45. The molecule has 5 rings (SSSR count). The van der Waals surface area contributed by atoms with Crippen molar-refractivity contribution in [2.45, 2.75) is 6.42 Å². The zero-order valence-corrected chi connectivity index (χ0v) is 18.2. The summed E-state index contributed by atoms with van der Waals surface area (Å²) in [6.07, 6.45) is 0.806. The maximum absolute atomic E-state index is 5.45. The SMILES string of the molecule is c1ccc(-c2cc(Cc3ccc4ccccc4c3)c(NCCN3CCOCC3)nn2)cc1. The van der Waals surface area contributed by atoms with Gasteiger partial charge < -0.3 is 10.1 Å². The van der Waals surface area contributed by atoms with E-state index in [4.69, 9.17) is 4.74 Å². The van der Waals surface area contributed by atoms with Crippen LogP contribution in [0.3, 0.4) is 0 Å². The first kappa shape index (κ1) is 20.6. The van der Waals surface area contributed by atoms with Gasteiger partial charge >= 0.3 is 0 Å². The normalized spacial score (nSPS) is 14.5. The van der Waals surface area contributed by atoms with Gasteiger partial charge in [0.05, 0.1) is 18.9 Å². The van der Waals surface area contributed by atoms with E-state index in [1.54, 1.807) is 0 Å². The Hall–Kier alpha value is -3.28. The Bertz CT molecular complexity index is 1170. The van der Waals surface area contributed by atoms with E-state index in [-0.39, 0.29) is 0 Å². The average Bonchev–Trinajstić information content (AvgIpc) is 2.86. The van der Waals surface area contributed by atoms with Gasteiger partial charge in [-0.3, -0.25) is 4.90 Å². The van der Waals surface area contributed by atoms with E-state index < -0.39 is 0 Å². The number of nitrogens with zero attached hydrogens (tertiary/aromatic N) is 3. The third-order valence-corrected chi connectivity index (χ3v) is 5.98. The van der Waals surface area contributed by atoms with Crippen molar-refractivity contribution in [2.24, 2.45) is 0 Å². The van der Waals surface area contributed by atoms with Gasteiger partial charge in [0.2, 0.25) is 0 Å². The molecule has 5 heteroatoms. The van der Waals surface area contributed by atoms with Crippen molar-refractivity contribution in [3.05, 3.63) is 90.0 Å². The second kappa shape index (κ2) is 9.90. The number of hydrogen-bond acceptors (Lipinski definition) is 5. The molecular formula is C27H28N4O. The number of benzene rings is 3. The number of anilines is 1. The molecule has 3 aromatic carbocycles. The van der Waals surface area contributed by atoms with Gasteiger partial charge in [0, 0.05) is 43.7 Å². The van der Waals surface area contributed by atoms with Gasteiger partial charge in [-0.2, -0.15) is 0 Å². The van der Waals surface area contributed by atoms with Crippen LogP contribution in [-0.2, 0) is 11.2 Å². The molecule has 0 saturated carbocycles. The highest BCUT2D eigenvalue weighted by atomic mass is 16.5. The third-order valence-electron chi connectivity index (χ3n) is 5.98.